The van der Waals surface area contributed by atoms with Gasteiger partial charge in [0.25, 0.3) is 0 Å². The number of nitrogens with zero attached hydrogens (tertiary/aromatic N) is 1. The number of phenolic OH excluding ortho intramolecular Hbond substituents is 1. The van der Waals surface area contributed by atoms with Gasteiger partial charge in [-0.15, -0.1) is 0 Å². The fourth-order valence-electron chi connectivity index (χ4n) is 2.90. The van der Waals surface area contributed by atoms with Gasteiger partial charge in [0.1, 0.15) is 5.75 Å². The molecule has 2 aliphatic carbocycles. The number of allylic oxidation sites excluding steroid dienone is 1. The summed E-state index contributed by atoms with van der Waals surface area (Å²) in [7, 11) is 0. The molecule has 0 heterocycles. The molecule has 104 valence electrons. The molecule has 1 aromatic rings. The average Bonchev–Trinajstić information content (AvgIpc) is 3.03. The second-order valence-electron chi connectivity index (χ2n) is 5.29. The third-order valence-corrected chi connectivity index (χ3v) is 4.11. The molecule has 0 aromatic heterocycles. The molecule has 0 radical (unpaired) electrons. The molecule has 3 N–H and O–H groups in total. The van der Waals surface area contributed by atoms with Gasteiger partial charge in [-0.25, -0.2) is 0 Å². The van der Waals surface area contributed by atoms with Crippen LogP contribution in [0.3, 0.4) is 0 Å². The summed E-state index contributed by atoms with van der Waals surface area (Å²) in [6.45, 7) is 0. The predicted molar refractivity (Wildman–Crippen MR) is 83.7 cm³/mol. The molecule has 3 atom stereocenters. The number of hydrogen-bond donors (Lipinski definition) is 3. The molecule has 2 aliphatic rings. The third kappa shape index (κ3) is 2.82. The Bertz CT molecular complexity index is 570. The average molecular weight is 287 g/mol. The first kappa shape index (κ1) is 13.1. The van der Waals surface area contributed by atoms with Gasteiger partial charge in [0.05, 0.1) is 6.21 Å². The van der Waals surface area contributed by atoms with E-state index in [-0.39, 0.29) is 5.75 Å². The molecule has 1 fully saturated rings. The van der Waals surface area contributed by atoms with Crippen LogP contribution >= 0.6 is 12.2 Å². The lowest BCUT2D eigenvalue weighted by molar-refractivity contribution is 0.474. The van der Waals surface area contributed by atoms with Crippen molar-refractivity contribution in [2.45, 2.75) is 18.9 Å². The lowest BCUT2D eigenvalue weighted by Crippen LogP contribution is -2.42. The van der Waals surface area contributed by atoms with Crippen LogP contribution in [-0.2, 0) is 0 Å². The monoisotopic (exact) mass is 287 g/mol. The Labute approximate surface area is 123 Å². The van der Waals surface area contributed by atoms with Gasteiger partial charge in [-0.1, -0.05) is 24.3 Å². The number of benzene rings is 1. The van der Waals surface area contributed by atoms with E-state index in [1.165, 1.54) is 6.42 Å². The van der Waals surface area contributed by atoms with Crippen molar-refractivity contribution in [1.29, 1.82) is 0 Å². The van der Waals surface area contributed by atoms with Gasteiger partial charge in [-0.05, 0) is 49.0 Å². The molecule has 20 heavy (non-hydrogen) atoms. The summed E-state index contributed by atoms with van der Waals surface area (Å²) in [6, 6.07) is 7.45. The van der Waals surface area contributed by atoms with Crippen LogP contribution in [0.1, 0.15) is 18.4 Å². The summed E-state index contributed by atoms with van der Waals surface area (Å²) in [5.74, 6) is 1.52. The van der Waals surface area contributed by atoms with Crippen molar-refractivity contribution in [3.63, 3.8) is 0 Å². The topological polar surface area (TPSA) is 56.7 Å². The van der Waals surface area contributed by atoms with E-state index in [0.717, 1.165) is 6.42 Å². The second kappa shape index (κ2) is 5.63. The van der Waals surface area contributed by atoms with E-state index >= 15 is 0 Å². The lowest BCUT2D eigenvalue weighted by atomic mass is 10.0. The van der Waals surface area contributed by atoms with E-state index in [2.05, 4.69) is 28.0 Å². The van der Waals surface area contributed by atoms with Crippen molar-refractivity contribution in [3.8, 4) is 5.75 Å². The Morgan fingerprint density at radius 1 is 1.30 bits per heavy atom. The molecule has 0 aliphatic heterocycles. The van der Waals surface area contributed by atoms with Crippen molar-refractivity contribution in [1.82, 2.24) is 10.7 Å². The Hall–Kier alpha value is -1.88. The first-order chi connectivity index (χ1) is 9.72. The standard InChI is InChI=1S/C15H17N3OS/c19-14-4-2-1-3-12(14)9-16-18-15(20)17-13-8-10-5-6-11(13)7-10/h1-6,9-11,13,19H,7-8H2,(H2,17,18,20)/b16-9-/t10-,11+,13+/m0/s1. The Morgan fingerprint density at radius 3 is 2.85 bits per heavy atom. The van der Waals surface area contributed by atoms with Crippen LogP contribution in [0.2, 0.25) is 0 Å². The molecule has 3 rings (SSSR count). The molecular formula is C15H17N3OS. The van der Waals surface area contributed by atoms with Crippen LogP contribution < -0.4 is 10.7 Å². The van der Waals surface area contributed by atoms with E-state index in [1.807, 2.05) is 6.07 Å². The van der Waals surface area contributed by atoms with Gasteiger partial charge in [0, 0.05) is 11.6 Å². The molecule has 1 aromatic carbocycles. The van der Waals surface area contributed by atoms with Crippen LogP contribution in [0.25, 0.3) is 0 Å². The van der Waals surface area contributed by atoms with Gasteiger partial charge in [0.15, 0.2) is 5.11 Å². The van der Waals surface area contributed by atoms with Gasteiger partial charge < -0.3 is 10.4 Å². The SMILES string of the molecule is Oc1ccccc1/C=N\NC(=S)N[C@@H]1C[C@H]2C=C[C@@H]1C2. The largest absolute Gasteiger partial charge is 0.507 e. The van der Waals surface area contributed by atoms with Crippen molar-refractivity contribution >= 4 is 23.5 Å². The second-order valence-corrected chi connectivity index (χ2v) is 5.70. The van der Waals surface area contributed by atoms with Gasteiger partial charge in [-0.3, -0.25) is 5.43 Å². The minimum absolute atomic E-state index is 0.204. The number of aromatic hydroxyl groups is 1. The zero-order valence-corrected chi connectivity index (χ0v) is 11.8. The maximum Gasteiger partial charge on any atom is 0.187 e. The molecule has 2 bridgehead atoms. The van der Waals surface area contributed by atoms with Crippen LogP contribution in [0, 0.1) is 11.8 Å². The van der Waals surface area contributed by atoms with Gasteiger partial charge >= 0.3 is 0 Å². The van der Waals surface area contributed by atoms with Crippen LogP contribution in [0.5, 0.6) is 5.75 Å². The van der Waals surface area contributed by atoms with Crippen molar-refractivity contribution in [3.05, 3.63) is 42.0 Å². The van der Waals surface area contributed by atoms with E-state index in [1.54, 1.807) is 24.4 Å². The third-order valence-electron chi connectivity index (χ3n) is 3.90. The maximum absolute atomic E-state index is 9.60. The molecule has 4 nitrogen and oxygen atoms in total. The highest BCUT2D eigenvalue weighted by Crippen LogP contribution is 2.38. The molecule has 0 spiro atoms. The van der Waals surface area contributed by atoms with E-state index in [0.29, 0.717) is 28.6 Å². The lowest BCUT2D eigenvalue weighted by Gasteiger charge is -2.20. The van der Waals surface area contributed by atoms with Crippen molar-refractivity contribution < 1.29 is 5.11 Å². The van der Waals surface area contributed by atoms with Crippen LogP contribution in [0.4, 0.5) is 0 Å². The maximum atomic E-state index is 9.60. The fraction of sp³-hybridized carbons (Fsp3) is 0.333. The van der Waals surface area contributed by atoms with Gasteiger partial charge in [-0.2, -0.15) is 5.10 Å². The fourth-order valence-corrected chi connectivity index (χ4v) is 3.11. The van der Waals surface area contributed by atoms with Crippen molar-refractivity contribution in [2.75, 3.05) is 0 Å². The zero-order valence-electron chi connectivity index (χ0n) is 11.0. The van der Waals surface area contributed by atoms with E-state index < -0.39 is 0 Å². The Morgan fingerprint density at radius 2 is 2.15 bits per heavy atom. The summed E-state index contributed by atoms with van der Waals surface area (Å²) in [5, 5.41) is 17.5. The number of thiocarbonyl (C=S) groups is 1. The smallest absolute Gasteiger partial charge is 0.187 e. The minimum atomic E-state index is 0.204. The summed E-state index contributed by atoms with van der Waals surface area (Å²) in [4.78, 5) is 0. The number of fused-ring (bicyclic) bond motifs is 2. The number of nitrogens with one attached hydrogen (secondary N) is 2. The molecule has 0 amide bonds. The highest BCUT2D eigenvalue weighted by atomic mass is 32.1. The first-order valence-corrected chi connectivity index (χ1v) is 7.19. The number of hydrazone groups is 1. The minimum Gasteiger partial charge on any atom is -0.507 e. The number of para-hydroxylation sites is 1. The normalized spacial score (nSPS) is 27.1. The highest BCUT2D eigenvalue weighted by Gasteiger charge is 2.35. The highest BCUT2D eigenvalue weighted by molar-refractivity contribution is 7.80. The number of hydrogen-bond acceptors (Lipinski definition) is 3. The molecular weight excluding hydrogens is 270 g/mol. The quantitative estimate of drug-likeness (QED) is 0.345. The van der Waals surface area contributed by atoms with Crippen LogP contribution in [0.15, 0.2) is 41.5 Å². The number of rotatable bonds is 3. The van der Waals surface area contributed by atoms with E-state index in [4.69, 9.17) is 12.2 Å². The molecule has 0 saturated heterocycles. The zero-order chi connectivity index (χ0) is 13.9. The number of phenols is 1. The first-order valence-electron chi connectivity index (χ1n) is 6.78. The predicted octanol–water partition coefficient (Wildman–Crippen LogP) is 2.15. The summed E-state index contributed by atoms with van der Waals surface area (Å²) >= 11 is 5.23. The summed E-state index contributed by atoms with van der Waals surface area (Å²) in [6.07, 6.45) is 8.52. The molecule has 1 saturated carbocycles. The summed E-state index contributed by atoms with van der Waals surface area (Å²) in [5.41, 5.74) is 3.46. The molecule has 5 heteroatoms. The Kier molecular flexibility index (Phi) is 3.69. The summed E-state index contributed by atoms with van der Waals surface area (Å²) < 4.78 is 0. The van der Waals surface area contributed by atoms with Crippen molar-refractivity contribution in [2.24, 2.45) is 16.9 Å². The van der Waals surface area contributed by atoms with Gasteiger partial charge in [0.2, 0.25) is 0 Å². The Balaban J connectivity index is 1.50. The molecule has 0 unspecified atom stereocenters. The van der Waals surface area contributed by atoms with Crippen LogP contribution in [-0.4, -0.2) is 22.5 Å². The van der Waals surface area contributed by atoms with E-state index in [9.17, 15) is 5.11 Å².